The number of aliphatic hydroxyl groups is 2. The van der Waals surface area contributed by atoms with Crippen LogP contribution in [-0.4, -0.2) is 31.2 Å². The van der Waals surface area contributed by atoms with Crippen LogP contribution in [0.3, 0.4) is 0 Å². The van der Waals surface area contributed by atoms with Crippen LogP contribution in [0.15, 0.2) is 12.4 Å². The fourth-order valence-corrected chi connectivity index (χ4v) is 10.3. The topological polar surface area (TPSA) is 58.3 Å². The summed E-state index contributed by atoms with van der Waals surface area (Å²) in [6.07, 6.45) is 21.9. The highest BCUT2D eigenvalue weighted by atomic mass is 16.3. The zero-order chi connectivity index (χ0) is 25.0. The number of hydrogen-bond acceptors (Lipinski definition) is 3. The van der Waals surface area contributed by atoms with Crippen molar-refractivity contribution in [2.24, 2.45) is 46.8 Å². The molecular weight excluding hydrogens is 432 g/mol. The summed E-state index contributed by atoms with van der Waals surface area (Å²) in [4.78, 5) is 0. The molecule has 194 valence electrons. The van der Waals surface area contributed by atoms with E-state index in [2.05, 4.69) is 31.8 Å². The summed E-state index contributed by atoms with van der Waals surface area (Å²) < 4.78 is 1.85. The summed E-state index contributed by atoms with van der Waals surface area (Å²) in [5, 5.41) is 27.5. The van der Waals surface area contributed by atoms with E-state index in [1.54, 1.807) is 6.20 Å². The van der Waals surface area contributed by atoms with Gasteiger partial charge in [0.25, 0.3) is 0 Å². The molecule has 1 heterocycles. The maximum Gasteiger partial charge on any atom is 0.0848 e. The summed E-state index contributed by atoms with van der Waals surface area (Å²) in [7, 11) is 0. The Morgan fingerprint density at radius 3 is 2.63 bits per heavy atom. The largest absolute Gasteiger partial charge is 0.390 e. The Morgan fingerprint density at radius 2 is 1.91 bits per heavy atom. The first-order valence-corrected chi connectivity index (χ1v) is 14.5. The van der Waals surface area contributed by atoms with Crippen molar-refractivity contribution >= 4 is 0 Å². The fourth-order valence-electron chi connectivity index (χ4n) is 10.3. The van der Waals surface area contributed by atoms with Gasteiger partial charge in [-0.05, 0) is 112 Å². The van der Waals surface area contributed by atoms with Gasteiger partial charge in [-0.3, -0.25) is 4.68 Å². The van der Waals surface area contributed by atoms with Gasteiger partial charge in [-0.1, -0.05) is 39.5 Å². The van der Waals surface area contributed by atoms with E-state index in [4.69, 9.17) is 6.42 Å². The molecule has 0 amide bonds. The average molecular weight is 481 g/mol. The molecular formula is C31H48N2O2. The monoisotopic (exact) mass is 480 g/mol. The second kappa shape index (κ2) is 9.21. The first-order valence-electron chi connectivity index (χ1n) is 14.5. The van der Waals surface area contributed by atoms with Crippen LogP contribution in [0.5, 0.6) is 0 Å². The van der Waals surface area contributed by atoms with Gasteiger partial charge in [-0.2, -0.15) is 5.10 Å². The van der Waals surface area contributed by atoms with Gasteiger partial charge < -0.3 is 10.2 Å². The minimum absolute atomic E-state index is 0.162. The molecule has 0 saturated heterocycles. The molecule has 1 aromatic rings. The molecule has 1 aromatic heterocycles. The summed E-state index contributed by atoms with van der Waals surface area (Å²) in [6, 6.07) is 0. The number of hydrogen-bond donors (Lipinski definition) is 2. The van der Waals surface area contributed by atoms with Gasteiger partial charge in [0.2, 0.25) is 0 Å². The van der Waals surface area contributed by atoms with E-state index in [0.717, 1.165) is 61.3 Å². The third kappa shape index (κ3) is 4.40. The Labute approximate surface area is 213 Å². The van der Waals surface area contributed by atoms with Gasteiger partial charge >= 0.3 is 0 Å². The third-order valence-electron chi connectivity index (χ3n) is 11.5. The standard InChI is InChI=1S/C31H48N2O2/c1-6-14-31(35)16-13-24-23(17-31)9-10-26-25(24)12-15-29(4)27(11-8-21(3)28(26)29)30(5,34)20-33-19-22(7-2)18-32-33/h2,18-19,21,23-28,34-35H,6,8-17,20H2,1,3-5H3/t21-,23-,24+,25-,26-,27+,28+,29-,30+,31-/m1/s1. The van der Waals surface area contributed by atoms with E-state index >= 15 is 0 Å². The van der Waals surface area contributed by atoms with Crippen LogP contribution in [0.4, 0.5) is 0 Å². The highest BCUT2D eigenvalue weighted by molar-refractivity contribution is 5.26. The van der Waals surface area contributed by atoms with Crippen molar-refractivity contribution in [3.63, 3.8) is 0 Å². The van der Waals surface area contributed by atoms with Gasteiger partial charge in [0.05, 0.1) is 29.5 Å². The molecule has 5 rings (SSSR count). The number of terminal acetylenes is 1. The minimum Gasteiger partial charge on any atom is -0.390 e. The maximum absolute atomic E-state index is 11.9. The van der Waals surface area contributed by atoms with Crippen molar-refractivity contribution in [2.45, 2.75) is 116 Å². The molecule has 4 aliphatic carbocycles. The lowest BCUT2D eigenvalue weighted by Gasteiger charge is -2.64. The lowest BCUT2D eigenvalue weighted by molar-refractivity contribution is -0.185. The molecule has 2 N–H and O–H groups in total. The lowest BCUT2D eigenvalue weighted by atomic mass is 9.41. The molecule has 0 unspecified atom stereocenters. The Hall–Kier alpha value is -1.31. The van der Waals surface area contributed by atoms with E-state index in [9.17, 15) is 10.2 Å². The smallest absolute Gasteiger partial charge is 0.0848 e. The molecule has 4 nitrogen and oxygen atoms in total. The number of nitrogens with zero attached hydrogens (tertiary/aromatic N) is 2. The van der Waals surface area contributed by atoms with Gasteiger partial charge in [0.1, 0.15) is 0 Å². The van der Waals surface area contributed by atoms with E-state index in [1.165, 1.54) is 38.5 Å². The summed E-state index contributed by atoms with van der Waals surface area (Å²) in [6.45, 7) is 9.78. The van der Waals surface area contributed by atoms with Crippen LogP contribution in [0, 0.1) is 59.2 Å². The normalized spacial score (nSPS) is 44.9. The Morgan fingerprint density at radius 1 is 1.14 bits per heavy atom. The first-order chi connectivity index (χ1) is 16.6. The summed E-state index contributed by atoms with van der Waals surface area (Å²) in [5.41, 5.74) is -0.275. The predicted octanol–water partition coefficient (Wildman–Crippen LogP) is 6.05. The van der Waals surface area contributed by atoms with Crippen LogP contribution < -0.4 is 0 Å². The van der Waals surface area contributed by atoms with Crippen molar-refractivity contribution in [1.82, 2.24) is 9.78 Å². The molecule has 35 heavy (non-hydrogen) atoms. The Kier molecular flexibility index (Phi) is 6.67. The number of rotatable bonds is 5. The lowest BCUT2D eigenvalue weighted by Crippen LogP contribution is -2.60. The summed E-state index contributed by atoms with van der Waals surface area (Å²) >= 11 is 0. The quantitative estimate of drug-likeness (QED) is 0.504. The molecule has 4 aliphatic rings. The van der Waals surface area contributed by atoms with Crippen LogP contribution in [0.25, 0.3) is 0 Å². The molecule has 0 radical (unpaired) electrons. The van der Waals surface area contributed by atoms with E-state index in [-0.39, 0.29) is 11.3 Å². The molecule has 0 aliphatic heterocycles. The maximum atomic E-state index is 11.9. The minimum atomic E-state index is -0.809. The fraction of sp³-hybridized carbons (Fsp3) is 0.839. The number of fused-ring (bicyclic) bond motifs is 5. The third-order valence-corrected chi connectivity index (χ3v) is 11.5. The predicted molar refractivity (Wildman–Crippen MR) is 140 cm³/mol. The molecule has 4 fully saturated rings. The molecule has 10 atom stereocenters. The van der Waals surface area contributed by atoms with Crippen molar-refractivity contribution in [1.29, 1.82) is 0 Å². The van der Waals surface area contributed by atoms with Crippen molar-refractivity contribution in [3.05, 3.63) is 18.0 Å². The Balaban J connectivity index is 1.36. The van der Waals surface area contributed by atoms with E-state index < -0.39 is 11.2 Å². The highest BCUT2D eigenvalue weighted by Crippen LogP contribution is 2.66. The second-order valence-corrected chi connectivity index (χ2v) is 13.7. The van der Waals surface area contributed by atoms with Crippen LogP contribution in [-0.2, 0) is 6.54 Å². The summed E-state index contributed by atoms with van der Waals surface area (Å²) in [5.74, 6) is 7.44. The molecule has 4 saturated carbocycles. The first kappa shape index (κ1) is 25.3. The average Bonchev–Trinajstić information content (AvgIpc) is 3.24. The second-order valence-electron chi connectivity index (χ2n) is 13.7. The molecule has 0 aromatic carbocycles. The van der Waals surface area contributed by atoms with E-state index in [1.807, 2.05) is 17.8 Å². The molecule has 0 bridgehead atoms. The molecule has 4 heteroatoms. The van der Waals surface area contributed by atoms with Gasteiger partial charge in [-0.15, -0.1) is 6.42 Å². The van der Waals surface area contributed by atoms with E-state index in [0.29, 0.717) is 18.4 Å². The zero-order valence-corrected chi connectivity index (χ0v) is 22.5. The van der Waals surface area contributed by atoms with Crippen molar-refractivity contribution in [2.75, 3.05) is 0 Å². The van der Waals surface area contributed by atoms with Crippen molar-refractivity contribution in [3.8, 4) is 12.3 Å². The van der Waals surface area contributed by atoms with Gasteiger partial charge in [0.15, 0.2) is 0 Å². The number of aromatic nitrogens is 2. The Bertz CT molecular complexity index is 946. The van der Waals surface area contributed by atoms with Crippen molar-refractivity contribution < 1.29 is 10.2 Å². The zero-order valence-electron chi connectivity index (χ0n) is 22.5. The molecule has 0 spiro atoms. The van der Waals surface area contributed by atoms with Crippen LogP contribution in [0.1, 0.15) is 104 Å². The van der Waals surface area contributed by atoms with Gasteiger partial charge in [-0.25, -0.2) is 0 Å². The highest BCUT2D eigenvalue weighted by Gasteiger charge is 2.60. The van der Waals surface area contributed by atoms with Crippen LogP contribution >= 0.6 is 0 Å². The van der Waals surface area contributed by atoms with Gasteiger partial charge in [0, 0.05) is 6.20 Å². The van der Waals surface area contributed by atoms with Crippen LogP contribution in [0.2, 0.25) is 0 Å². The SMILES string of the molecule is C#Cc1cnn(C[C@](C)(O)[C@H]2CC[C@@H](C)[C@H]3[C@@H]4CC[C@@H]5C[C@@](O)(CCC)CC[C@@H]5[C@H]4CC[C@@]32C)c1.